The van der Waals surface area contributed by atoms with E-state index in [9.17, 15) is 59.1 Å². The number of rotatable bonds is 22. The average molecular weight is 1980 g/mol. The summed E-state index contributed by atoms with van der Waals surface area (Å²) in [5, 5.41) is 136. The molecule has 42 heteroatoms. The smallest absolute Gasteiger partial charge is 0.272 e. The molecule has 7 heterocycles. The third kappa shape index (κ3) is 23.4. The minimum Gasteiger partial charge on any atom is -0.505 e. The Morgan fingerprint density at radius 1 is 0.363 bits per heavy atom. The van der Waals surface area contributed by atoms with E-state index < -0.39 is 41.4 Å². The van der Waals surface area contributed by atoms with Gasteiger partial charge in [0.25, 0.3) is 52.4 Å². The zero-order valence-electron chi connectivity index (χ0n) is 77.2. The Labute approximate surface area is 833 Å². The topological polar surface area (TPSA) is 599 Å². The standard InChI is InChI=1S/C22H17N5O4.C22H17N5O3S.C21H17N5O3.C20H15N5O2S.C19H13N5O3/c1-12-10-18(27-31-12)25-26-19-14-7-3-2-6-13(14)11-16(20(19)28)22(30)24-17-9-5-4-8-15(17)21(23)29;1-12-17(20(23)29)22(31-27-12)26-25-18-15-10-6-5-7-13(15)11-16(19(18)28)21(30)24-14-8-3-2-4-9-14;1-12-13(2)26-29-21(12)25-24-18-15-8-4-3-7-14(15)11-16(19(18)27)20(28)23-17-9-5-6-10-22-17;1-12-22-24-20(28-12)25-23-17-15-10-6-5-7-13(15)11-16(18(17)26)19(27)21-14-8-3-2-4-9-14;25-18-15(19(26)22-16-7-3-4-8-20-16)9-12-5-1-2-6-14(12)17(18)24-23-13-10-21-27-11-13/h2*2-11,28H,1H3,(H2,23,29)(H,24,30);3-11,27H,1-2H3,(H,22,23,28);2-11,26H,1H3,(H,21,27);1-11,25H,(H,20,22,26). The highest BCUT2D eigenvalue weighted by molar-refractivity contribution is 7.14. The SMILES string of the molecule is Cc1cc(N=Nc2c(O)c(C(=O)Nc3ccccc3C(N)=O)cc3ccccc23)no1.Cc1nnc(N=Nc2c(O)c(C(=O)Nc3ccccc3)cc3ccccc23)s1.Cc1noc(N=Nc2c(O)c(C(=O)Nc3ccccn3)cc3ccccc23)c1C.Cc1nsc(N=Nc2c(O)c(C(=O)Nc3ccccc3)cc3ccccc23)c1C(N)=O.O=C(Nc1ccccn1)c1cc2ccccc2c(N=Nc2cnoc2)c1O. The van der Waals surface area contributed by atoms with Gasteiger partial charge in [-0.1, -0.05) is 209 Å². The van der Waals surface area contributed by atoms with Crippen molar-refractivity contribution < 1.29 is 72.7 Å². The largest absolute Gasteiger partial charge is 0.505 e. The number of primary amides is 2. The third-order valence-corrected chi connectivity index (χ3v) is 23.1. The fourth-order valence-corrected chi connectivity index (χ4v) is 15.6. The van der Waals surface area contributed by atoms with Gasteiger partial charge in [-0.2, -0.15) is 4.37 Å². The molecule has 0 atom stereocenters. The van der Waals surface area contributed by atoms with E-state index in [4.69, 9.17) is 25.0 Å². The van der Waals surface area contributed by atoms with Gasteiger partial charge in [0.2, 0.25) is 5.82 Å². The summed E-state index contributed by atoms with van der Waals surface area (Å²) in [4.78, 5) is 95.4. The first-order valence-electron chi connectivity index (χ1n) is 43.8. The summed E-state index contributed by atoms with van der Waals surface area (Å²) in [7, 11) is 0. The van der Waals surface area contributed by atoms with Crippen molar-refractivity contribution in [2.45, 2.75) is 34.6 Å². The van der Waals surface area contributed by atoms with Gasteiger partial charge in [-0.25, -0.2) is 9.97 Å². The third-order valence-electron chi connectivity index (χ3n) is 21.5. The molecular weight excluding hydrogens is 1900 g/mol. The molecule has 13 aromatic carbocycles. The van der Waals surface area contributed by atoms with Gasteiger partial charge < -0.3 is 77.2 Å². The van der Waals surface area contributed by atoms with Crippen LogP contribution in [0.3, 0.4) is 0 Å². The van der Waals surface area contributed by atoms with Gasteiger partial charge in [0.1, 0.15) is 62.1 Å². The number of amides is 7. The van der Waals surface area contributed by atoms with Gasteiger partial charge in [0, 0.05) is 62.3 Å². The molecule has 0 unspecified atom stereocenters. The fourth-order valence-electron chi connectivity index (χ4n) is 14.3. The van der Waals surface area contributed by atoms with Crippen molar-refractivity contribution in [2.24, 2.45) is 62.6 Å². The van der Waals surface area contributed by atoms with Crippen LogP contribution in [0, 0.1) is 34.6 Å². The number of pyridine rings is 2. The van der Waals surface area contributed by atoms with E-state index >= 15 is 0 Å². The number of hydrogen-bond donors (Lipinski definition) is 12. The maximum Gasteiger partial charge on any atom is 0.272 e. The second kappa shape index (κ2) is 45.5. The van der Waals surface area contributed by atoms with Gasteiger partial charge in [-0.3, -0.25) is 33.6 Å². The summed E-state index contributed by atoms with van der Waals surface area (Å²) in [5.74, 6) is -3.60. The Balaban J connectivity index is 0.000000131. The second-order valence-corrected chi connectivity index (χ2v) is 33.3. The van der Waals surface area contributed by atoms with Crippen LogP contribution in [0.15, 0.2) is 369 Å². The van der Waals surface area contributed by atoms with Crippen LogP contribution in [-0.4, -0.2) is 107 Å². The number of carbonyl (C=O) groups excluding carboxylic acids is 7. The van der Waals surface area contributed by atoms with Crippen molar-refractivity contribution in [2.75, 3.05) is 26.6 Å². The summed E-state index contributed by atoms with van der Waals surface area (Å²) in [6.45, 7) is 8.80. The van der Waals surface area contributed by atoms with Gasteiger partial charge in [0.15, 0.2) is 40.0 Å². The molecule has 20 aromatic rings. The van der Waals surface area contributed by atoms with Gasteiger partial charge in [0.05, 0.1) is 56.7 Å². The van der Waals surface area contributed by atoms with E-state index in [2.05, 4.69) is 118 Å². The number of nitrogens with two attached hydrogens (primary N) is 2. The Hall–Kier alpha value is -20.4. The number of fused-ring (bicyclic) bond motifs is 5. The zero-order chi connectivity index (χ0) is 102. The lowest BCUT2D eigenvalue weighted by atomic mass is 10.0. The number of aryl methyl sites for hydroxylation is 4. The lowest BCUT2D eigenvalue weighted by molar-refractivity contribution is 0.0991. The van der Waals surface area contributed by atoms with E-state index in [1.54, 1.807) is 209 Å². The molecule has 7 amide bonds. The number of aromatic hydroxyl groups is 5. The van der Waals surface area contributed by atoms with E-state index in [-0.39, 0.29) is 119 Å². The van der Waals surface area contributed by atoms with Crippen LogP contribution in [0.1, 0.15) is 100 Å². The van der Waals surface area contributed by atoms with Crippen LogP contribution in [-0.2, 0) is 0 Å². The molecule has 20 rings (SSSR count). The van der Waals surface area contributed by atoms with Crippen LogP contribution in [0.25, 0.3) is 53.9 Å². The van der Waals surface area contributed by atoms with Crippen LogP contribution in [0.4, 0.5) is 84.7 Å². The van der Waals surface area contributed by atoms with Crippen LogP contribution in [0.2, 0.25) is 0 Å². The Kier molecular flexibility index (Phi) is 30.7. The van der Waals surface area contributed by atoms with Gasteiger partial charge in [-0.15, -0.1) is 61.3 Å². The molecule has 0 fully saturated rings. The monoisotopic (exact) mass is 1980 g/mol. The molecule has 722 valence electrons. The quantitative estimate of drug-likeness (QED) is 0.0280. The fraction of sp³-hybridized carbons (Fsp3) is 0.0481. The minimum absolute atomic E-state index is 0.0387. The summed E-state index contributed by atoms with van der Waals surface area (Å²) in [5.41, 5.74) is 15.9. The van der Waals surface area contributed by atoms with Crippen molar-refractivity contribution in [3.8, 4) is 28.7 Å². The summed E-state index contributed by atoms with van der Waals surface area (Å²) >= 11 is 2.26. The number of hydrogen-bond acceptors (Lipinski definition) is 35. The molecule has 0 spiro atoms. The number of carbonyl (C=O) groups is 7. The molecule has 14 N–H and O–H groups in total. The second-order valence-electron chi connectivity index (χ2n) is 31.3. The number of phenols is 5. The number of phenolic OH excluding ortho intramolecular Hbond substituents is 5. The molecule has 40 nitrogen and oxygen atoms in total. The summed E-state index contributed by atoms with van der Waals surface area (Å²) in [6, 6.07) is 80.3. The van der Waals surface area contributed by atoms with Crippen LogP contribution < -0.4 is 38.1 Å². The molecule has 0 bridgehead atoms. The average Bonchev–Trinajstić information content (AvgIpc) is 0.824. The maximum atomic E-state index is 13.0. The normalized spacial score (nSPS) is 11.2. The van der Waals surface area contributed by atoms with Crippen molar-refractivity contribution in [1.82, 2.24) is 40.0 Å². The molecule has 0 aliphatic heterocycles. The predicted octanol–water partition coefficient (Wildman–Crippen LogP) is 24.9. The Morgan fingerprint density at radius 2 is 0.760 bits per heavy atom. The highest BCUT2D eigenvalue weighted by Gasteiger charge is 2.27. The van der Waals surface area contributed by atoms with Crippen LogP contribution in [0.5, 0.6) is 28.7 Å². The summed E-state index contributed by atoms with van der Waals surface area (Å²) < 4.78 is 18.9. The molecule has 0 saturated heterocycles. The number of nitrogens with one attached hydrogen (secondary N) is 5. The number of para-hydroxylation sites is 3. The van der Waals surface area contributed by atoms with E-state index in [1.807, 2.05) is 105 Å². The lowest BCUT2D eigenvalue weighted by Gasteiger charge is -2.12. The van der Waals surface area contributed by atoms with Crippen LogP contribution >= 0.6 is 22.9 Å². The Bertz CT molecular complexity index is 8500. The van der Waals surface area contributed by atoms with E-state index in [1.165, 1.54) is 35.9 Å². The Morgan fingerprint density at radius 3 is 1.15 bits per heavy atom. The van der Waals surface area contributed by atoms with E-state index in [0.29, 0.717) is 88.7 Å². The summed E-state index contributed by atoms with van der Waals surface area (Å²) in [6.07, 6.45) is 5.84. The highest BCUT2D eigenvalue weighted by Crippen LogP contribution is 2.47. The predicted molar refractivity (Wildman–Crippen MR) is 549 cm³/mol. The molecule has 0 aliphatic rings. The number of nitrogens with zero attached hydrogens (tertiary/aromatic N) is 18. The minimum atomic E-state index is -0.684. The molecular formula is C104H79N25O15S2. The van der Waals surface area contributed by atoms with Crippen molar-refractivity contribution in [3.05, 3.63) is 371 Å². The van der Waals surface area contributed by atoms with Gasteiger partial charge in [-0.05, 0) is 164 Å². The molecule has 0 aliphatic carbocycles. The molecule has 0 radical (unpaired) electrons. The van der Waals surface area contributed by atoms with Crippen molar-refractivity contribution in [1.29, 1.82) is 0 Å². The highest BCUT2D eigenvalue weighted by atomic mass is 32.1. The van der Waals surface area contributed by atoms with Crippen molar-refractivity contribution in [3.63, 3.8) is 0 Å². The first kappa shape index (κ1) is 98.6. The number of anilines is 5. The number of azo groups is 5. The first-order chi connectivity index (χ1) is 70.8. The molecule has 0 saturated carbocycles. The van der Waals surface area contributed by atoms with E-state index in [0.717, 1.165) is 38.3 Å². The van der Waals surface area contributed by atoms with Crippen molar-refractivity contribution >= 4 is 203 Å². The molecule has 146 heavy (non-hydrogen) atoms. The molecule has 7 aromatic heterocycles. The number of benzene rings is 13. The lowest BCUT2D eigenvalue weighted by Crippen LogP contribution is -2.18. The maximum absolute atomic E-state index is 13.0. The van der Waals surface area contributed by atoms with Gasteiger partial charge >= 0.3 is 0 Å². The number of aromatic nitrogens is 8. The zero-order valence-corrected chi connectivity index (χ0v) is 78.8. The first-order valence-corrected chi connectivity index (χ1v) is 45.4.